The molecule has 0 bridgehead atoms. The zero-order valence-corrected chi connectivity index (χ0v) is 60.7. The van der Waals surface area contributed by atoms with Crippen LogP contribution >= 0.6 is 0 Å². The van der Waals surface area contributed by atoms with Crippen molar-refractivity contribution in [3.63, 3.8) is 0 Å². The third kappa shape index (κ3) is 29.8. The van der Waals surface area contributed by atoms with Crippen LogP contribution in [0.5, 0.6) is 0 Å². The average Bonchev–Trinajstić information content (AvgIpc) is 1.62. The first-order valence-corrected chi connectivity index (χ1v) is 35.3. The highest BCUT2D eigenvalue weighted by Crippen LogP contribution is 2.46. The van der Waals surface area contributed by atoms with Crippen molar-refractivity contribution in [2.24, 2.45) is 0 Å². The number of carbonyl (C=O) groups excluding carboxylic acids is 12. The van der Waals surface area contributed by atoms with Crippen LogP contribution in [-0.2, 0) is 86.0 Å². The van der Waals surface area contributed by atoms with Crippen LogP contribution < -0.4 is 64.0 Å². The maximum absolute atomic E-state index is 13.7. The second-order valence-electron chi connectivity index (χ2n) is 26.2. The van der Waals surface area contributed by atoms with Crippen LogP contribution in [0.4, 0.5) is 14.4 Å². The van der Waals surface area contributed by atoms with E-state index in [1.165, 1.54) is 0 Å². The average molecular weight is 1540 g/mol. The molecule has 110 heavy (non-hydrogen) atoms. The molecule has 0 heterocycles. The Kier molecular flexibility index (Phi) is 34.8. The predicted molar refractivity (Wildman–Crippen MR) is 385 cm³/mol. The van der Waals surface area contributed by atoms with Gasteiger partial charge in [-0.25, -0.2) is 29.4 Å². The van der Waals surface area contributed by atoms with Gasteiger partial charge in [0.1, 0.15) is 62.2 Å². The number of hydrogen-bond acceptors (Lipinski definition) is 21. The molecule has 4 aromatic carbocycles. The molecule has 6 rings (SSSR count). The van der Waals surface area contributed by atoms with Gasteiger partial charge in [0, 0.05) is 50.6 Å². The van der Waals surface area contributed by atoms with Crippen LogP contribution in [0.2, 0.25) is 0 Å². The summed E-state index contributed by atoms with van der Waals surface area (Å²) in [6.07, 6.45) is -6.58. The number of unbranched alkanes of at least 4 members (excludes halogenated alkanes) is 1. The number of fused-ring (bicyclic) bond motifs is 6. The zero-order valence-electron chi connectivity index (χ0n) is 60.7. The Hall–Kier alpha value is -12.3. The summed E-state index contributed by atoms with van der Waals surface area (Å²) in [6.45, 7) is 1.19. The van der Waals surface area contributed by atoms with E-state index in [-0.39, 0.29) is 70.8 Å². The van der Waals surface area contributed by atoms with Crippen molar-refractivity contribution in [3.8, 4) is 22.3 Å². The van der Waals surface area contributed by atoms with Gasteiger partial charge in [-0.2, -0.15) is 0 Å². The Labute approximate surface area is 630 Å². The molecule has 0 radical (unpaired) electrons. The lowest BCUT2D eigenvalue weighted by molar-refractivity contribution is -0.144. The Morgan fingerprint density at radius 1 is 0.373 bits per heavy atom. The summed E-state index contributed by atoms with van der Waals surface area (Å²) in [6, 6.07) is 23.1. The highest BCUT2D eigenvalue weighted by Gasteiger charge is 2.34. The van der Waals surface area contributed by atoms with Crippen LogP contribution in [-0.4, -0.2) is 224 Å². The first-order chi connectivity index (χ1) is 52.5. The molecule has 0 saturated heterocycles. The van der Waals surface area contributed by atoms with Crippen molar-refractivity contribution >= 4 is 95.3 Å². The number of nitrogens with one attached hydrogen (secondary N) is 12. The third-order valence-corrected chi connectivity index (χ3v) is 16.8. The SMILES string of the molecule is CC(C)(C)OC(=O)NNC(=O)CNC(=O)C(CCC(=O)NCC(=O)NC(CCCCNC(=O)OCC1c2ccccc2-c2ccccc21)C(=O)NCCOCCOCC(=O)NC(CCC(=O)NC(CCC(=O)O)C(=O)O)C(=O)NC(CCC(=O)O)C(=O)O)NC(=O)CNC(=O)OCC1c2ccccc2-c2ccccc21. The number of hydrazine groups is 1. The molecular formula is C73H92N12O25. The van der Waals surface area contributed by atoms with E-state index >= 15 is 0 Å². The number of benzene rings is 4. The van der Waals surface area contributed by atoms with E-state index in [1.54, 1.807) is 20.8 Å². The number of carboxylic acid groups (broad SMARTS) is 4. The molecule has 0 saturated carbocycles. The molecule has 0 aliphatic heterocycles. The smallest absolute Gasteiger partial charge is 0.426 e. The minimum atomic E-state index is -1.74. The number of hydrogen-bond donors (Lipinski definition) is 16. The van der Waals surface area contributed by atoms with Gasteiger partial charge in [0.25, 0.3) is 5.91 Å². The molecule has 0 spiro atoms. The molecule has 2 aliphatic carbocycles. The van der Waals surface area contributed by atoms with Gasteiger partial charge < -0.3 is 97.3 Å². The summed E-state index contributed by atoms with van der Waals surface area (Å²) in [5.74, 6) is -14.6. The summed E-state index contributed by atoms with van der Waals surface area (Å²) in [5.41, 5.74) is 11.2. The van der Waals surface area contributed by atoms with E-state index in [0.29, 0.717) is 6.42 Å². The molecule has 16 N–H and O–H groups in total. The number of amides is 12. The molecule has 0 aromatic heterocycles. The Morgan fingerprint density at radius 2 is 0.791 bits per heavy atom. The molecule has 5 unspecified atom stereocenters. The highest BCUT2D eigenvalue weighted by atomic mass is 16.6. The lowest BCUT2D eigenvalue weighted by atomic mass is 9.98. The second kappa shape index (κ2) is 44.1. The van der Waals surface area contributed by atoms with E-state index in [2.05, 4.69) is 58.6 Å². The molecular weight excluding hydrogens is 1440 g/mol. The van der Waals surface area contributed by atoms with Crippen LogP contribution in [0.1, 0.15) is 125 Å². The van der Waals surface area contributed by atoms with Crippen molar-refractivity contribution in [1.82, 2.24) is 64.0 Å². The van der Waals surface area contributed by atoms with Gasteiger partial charge in [0.2, 0.25) is 47.3 Å². The minimum absolute atomic E-state index is 0.00323. The Morgan fingerprint density at radius 3 is 1.30 bits per heavy atom. The van der Waals surface area contributed by atoms with Crippen molar-refractivity contribution in [3.05, 3.63) is 119 Å². The first-order valence-electron chi connectivity index (χ1n) is 35.3. The summed E-state index contributed by atoms with van der Waals surface area (Å²) in [4.78, 5) is 203. The van der Waals surface area contributed by atoms with Gasteiger partial charge in [-0.1, -0.05) is 97.1 Å². The highest BCUT2D eigenvalue weighted by molar-refractivity contribution is 5.95. The number of rotatable bonds is 45. The lowest BCUT2D eigenvalue weighted by Gasteiger charge is -2.22. The van der Waals surface area contributed by atoms with Crippen molar-refractivity contribution in [2.75, 3.05) is 72.4 Å². The number of alkyl carbamates (subject to hydrolysis) is 2. The predicted octanol–water partition coefficient (Wildman–Crippen LogP) is 1.05. The van der Waals surface area contributed by atoms with Crippen LogP contribution in [0, 0.1) is 0 Å². The summed E-state index contributed by atoms with van der Waals surface area (Å²) >= 11 is 0. The van der Waals surface area contributed by atoms with Gasteiger partial charge >= 0.3 is 42.2 Å². The molecule has 4 aromatic rings. The van der Waals surface area contributed by atoms with Gasteiger partial charge in [0.05, 0.1) is 32.9 Å². The molecule has 37 nitrogen and oxygen atoms in total. The fourth-order valence-electron chi connectivity index (χ4n) is 11.6. The monoisotopic (exact) mass is 1540 g/mol. The van der Waals surface area contributed by atoms with Crippen molar-refractivity contribution in [2.45, 2.75) is 139 Å². The fourth-order valence-corrected chi connectivity index (χ4v) is 11.6. The topological polar surface area (TPSA) is 545 Å². The summed E-state index contributed by atoms with van der Waals surface area (Å²) in [7, 11) is 0. The van der Waals surface area contributed by atoms with Crippen LogP contribution in [0.3, 0.4) is 0 Å². The molecule has 594 valence electrons. The minimum Gasteiger partial charge on any atom is -0.481 e. The number of ether oxygens (including phenoxy) is 5. The molecule has 2 aliphatic rings. The van der Waals surface area contributed by atoms with Crippen LogP contribution in [0.15, 0.2) is 97.1 Å². The van der Waals surface area contributed by atoms with Gasteiger partial charge in [-0.05, 0) is 110 Å². The number of carboxylic acids is 4. The van der Waals surface area contributed by atoms with Gasteiger partial charge in [-0.15, -0.1) is 0 Å². The Bertz CT molecular complexity index is 3870. The van der Waals surface area contributed by atoms with Crippen molar-refractivity contribution in [1.29, 1.82) is 0 Å². The summed E-state index contributed by atoms with van der Waals surface area (Å²) in [5, 5.41) is 60.9. The molecule has 0 fully saturated rings. The maximum Gasteiger partial charge on any atom is 0.426 e. The van der Waals surface area contributed by atoms with E-state index in [4.69, 9.17) is 33.9 Å². The van der Waals surface area contributed by atoms with Crippen molar-refractivity contribution < 1.29 is 121 Å². The largest absolute Gasteiger partial charge is 0.481 e. The van der Waals surface area contributed by atoms with E-state index in [9.17, 15) is 86.9 Å². The van der Waals surface area contributed by atoms with Crippen LogP contribution in [0.25, 0.3) is 22.3 Å². The molecule has 5 atom stereocenters. The third-order valence-electron chi connectivity index (χ3n) is 16.8. The first kappa shape index (κ1) is 86.6. The molecule has 37 heteroatoms. The number of aliphatic carboxylic acids is 4. The van der Waals surface area contributed by atoms with Gasteiger partial charge in [-0.3, -0.25) is 58.2 Å². The normalized spacial score (nSPS) is 13.1. The zero-order chi connectivity index (χ0) is 80.3. The quantitative estimate of drug-likeness (QED) is 0.0167. The standard InChI is InChI=1S/C73H92N12O25/c1-73(2,3)110-72(105)85-84-61(90)38-77-66(97)53(80-60(89)37-78-71(104)109-40-51-48-20-10-6-16-44(48)45-17-7-11-21-49(45)51)23-27-57(86)76-36-59(88)79-52(22-12-13-31-75-70(103)108-39-50-46-18-8-4-14-42(46)43-15-5-9-19-47(43)50)65(96)74-32-33-106-34-35-107-41-62(91)81-54(67(98)83-56(69(101)102)26-30-64(94)95)24-28-58(87)82-55(68(99)100)25-29-63(92)93/h4-11,14-21,50-56H,12-13,22-41H2,1-3H3,(H,74,96)(H,75,103)(H,76,86)(H,77,97)(H,78,104)(H,79,88)(H,80,89)(H,81,91)(H,82,87)(H,83,98)(H,84,90)(H,85,105)(H,92,93)(H,94,95)(H,99,100)(H,101,102). The second-order valence-corrected chi connectivity index (χ2v) is 26.2. The fraction of sp³-hybridized carbons (Fsp3) is 0.452. The summed E-state index contributed by atoms with van der Waals surface area (Å²) < 4.78 is 27.1. The van der Waals surface area contributed by atoms with E-state index in [0.717, 1.165) is 44.5 Å². The number of carbonyl (C=O) groups is 16. The van der Waals surface area contributed by atoms with E-state index < -0.39 is 209 Å². The van der Waals surface area contributed by atoms with Gasteiger partial charge in [0.15, 0.2) is 0 Å². The Balaban J connectivity index is 1.01. The molecule has 12 amide bonds. The lowest BCUT2D eigenvalue weighted by Crippen LogP contribution is -2.53. The maximum atomic E-state index is 13.7. The van der Waals surface area contributed by atoms with E-state index in [1.807, 2.05) is 102 Å².